The van der Waals surface area contributed by atoms with Gasteiger partial charge in [-0.25, -0.2) is 0 Å². The summed E-state index contributed by atoms with van der Waals surface area (Å²) >= 11 is 0. The summed E-state index contributed by atoms with van der Waals surface area (Å²) in [5.41, 5.74) is 3.00. The van der Waals surface area contributed by atoms with Gasteiger partial charge in [-0.1, -0.05) is 48.2 Å². The van der Waals surface area contributed by atoms with Gasteiger partial charge in [0.25, 0.3) is 5.91 Å². The Bertz CT molecular complexity index is 1120. The molecular weight excluding hydrogens is 390 g/mol. The topological polar surface area (TPSA) is 65.4 Å². The lowest BCUT2D eigenvalue weighted by molar-refractivity contribution is 0.0949. The summed E-state index contributed by atoms with van der Waals surface area (Å²) in [6, 6.07) is 17.1. The van der Waals surface area contributed by atoms with E-state index in [2.05, 4.69) is 28.8 Å². The second kappa shape index (κ2) is 10.7. The molecule has 1 heterocycles. The molecule has 31 heavy (non-hydrogen) atoms. The van der Waals surface area contributed by atoms with Crippen LogP contribution in [0.3, 0.4) is 0 Å². The number of amides is 1. The van der Waals surface area contributed by atoms with E-state index in [0.29, 0.717) is 17.1 Å². The number of hydrogen-bond donors (Lipinski definition) is 1. The Kier molecular flexibility index (Phi) is 7.50. The molecule has 3 aromatic rings. The number of aryl methyl sites for hydroxylation is 1. The molecule has 0 saturated carbocycles. The Hall–Kier alpha value is -3.98. The molecule has 0 aliphatic carbocycles. The second-order valence-electron chi connectivity index (χ2n) is 6.66. The van der Waals surface area contributed by atoms with Gasteiger partial charge in [-0.05, 0) is 36.2 Å². The number of carbonyl (C=O) groups is 1. The predicted molar refractivity (Wildman–Crippen MR) is 121 cm³/mol. The number of hydrogen-bond acceptors (Lipinski definition) is 4. The molecule has 1 amide bonds. The first-order chi connectivity index (χ1) is 15.1. The molecule has 0 atom stereocenters. The molecular formula is C25H25N3O3. The van der Waals surface area contributed by atoms with Crippen molar-refractivity contribution in [3.63, 3.8) is 0 Å². The maximum atomic E-state index is 12.5. The molecule has 0 fully saturated rings. The highest BCUT2D eigenvalue weighted by Gasteiger charge is 2.15. The number of nitrogens with one attached hydrogen (secondary N) is 1. The van der Waals surface area contributed by atoms with Crippen LogP contribution in [0.5, 0.6) is 11.5 Å². The van der Waals surface area contributed by atoms with E-state index in [0.717, 1.165) is 23.3 Å². The highest BCUT2D eigenvalue weighted by molar-refractivity contribution is 5.94. The normalized spacial score (nSPS) is 10.0. The van der Waals surface area contributed by atoms with Crippen LogP contribution < -0.4 is 14.8 Å². The van der Waals surface area contributed by atoms with Gasteiger partial charge in [0.2, 0.25) is 0 Å². The fourth-order valence-electron chi connectivity index (χ4n) is 3.08. The van der Waals surface area contributed by atoms with Crippen LogP contribution in [0.1, 0.15) is 16.1 Å². The van der Waals surface area contributed by atoms with Crippen molar-refractivity contribution < 1.29 is 14.3 Å². The molecule has 6 heteroatoms. The van der Waals surface area contributed by atoms with E-state index in [-0.39, 0.29) is 19.1 Å². The van der Waals surface area contributed by atoms with Crippen LogP contribution in [-0.2, 0) is 13.5 Å². The number of rotatable bonds is 8. The van der Waals surface area contributed by atoms with E-state index in [1.54, 1.807) is 24.9 Å². The number of aromatic nitrogens is 2. The van der Waals surface area contributed by atoms with Crippen molar-refractivity contribution >= 4 is 5.91 Å². The minimum atomic E-state index is -0.248. The molecule has 6 nitrogen and oxygen atoms in total. The van der Waals surface area contributed by atoms with Gasteiger partial charge in [-0.15, -0.1) is 6.58 Å². The van der Waals surface area contributed by atoms with Crippen molar-refractivity contribution in [1.29, 1.82) is 0 Å². The fraction of sp³-hybridized carbons (Fsp3) is 0.200. The van der Waals surface area contributed by atoms with E-state index >= 15 is 0 Å². The summed E-state index contributed by atoms with van der Waals surface area (Å²) in [7, 11) is 3.34. The zero-order chi connectivity index (χ0) is 22.1. The SMILES string of the molecule is C=CCc1ccccc1OCC#CCNC(=O)c1cc(-c2ccccc2OC)nn1C. The lowest BCUT2D eigenvalue weighted by Crippen LogP contribution is -2.25. The average molecular weight is 415 g/mol. The van der Waals surface area contributed by atoms with Crippen LogP contribution >= 0.6 is 0 Å². The van der Waals surface area contributed by atoms with Gasteiger partial charge in [0, 0.05) is 12.6 Å². The van der Waals surface area contributed by atoms with E-state index < -0.39 is 0 Å². The van der Waals surface area contributed by atoms with E-state index in [1.165, 1.54) is 0 Å². The molecule has 1 N–H and O–H groups in total. The van der Waals surface area contributed by atoms with Crippen molar-refractivity contribution in [3.8, 4) is 34.6 Å². The van der Waals surface area contributed by atoms with Crippen molar-refractivity contribution in [2.75, 3.05) is 20.3 Å². The van der Waals surface area contributed by atoms with Gasteiger partial charge in [0.05, 0.1) is 19.3 Å². The highest BCUT2D eigenvalue weighted by Crippen LogP contribution is 2.28. The van der Waals surface area contributed by atoms with Crippen molar-refractivity contribution in [2.24, 2.45) is 7.05 Å². The van der Waals surface area contributed by atoms with Gasteiger partial charge in [-0.3, -0.25) is 9.48 Å². The van der Waals surface area contributed by atoms with Crippen LogP contribution in [0.15, 0.2) is 67.3 Å². The number of methoxy groups -OCH3 is 1. The fourth-order valence-corrected chi connectivity index (χ4v) is 3.08. The first-order valence-electron chi connectivity index (χ1n) is 9.87. The summed E-state index contributed by atoms with van der Waals surface area (Å²) in [5.74, 6) is 7.07. The molecule has 1 aromatic heterocycles. The third kappa shape index (κ3) is 5.55. The van der Waals surface area contributed by atoms with Crippen LogP contribution in [0.2, 0.25) is 0 Å². The van der Waals surface area contributed by atoms with Gasteiger partial charge in [0.15, 0.2) is 0 Å². The van der Waals surface area contributed by atoms with Crippen molar-refractivity contribution in [2.45, 2.75) is 6.42 Å². The number of ether oxygens (including phenoxy) is 2. The average Bonchev–Trinajstić information content (AvgIpc) is 3.18. The molecule has 0 aliphatic rings. The Morgan fingerprint density at radius 1 is 1.16 bits per heavy atom. The molecule has 0 spiro atoms. The molecule has 0 radical (unpaired) electrons. The third-order valence-corrected chi connectivity index (χ3v) is 4.59. The summed E-state index contributed by atoms with van der Waals surface area (Å²) < 4.78 is 12.6. The second-order valence-corrected chi connectivity index (χ2v) is 6.66. The number of allylic oxidation sites excluding steroid dienone is 1. The summed E-state index contributed by atoms with van der Waals surface area (Å²) in [6.45, 7) is 4.21. The van der Waals surface area contributed by atoms with Crippen LogP contribution in [0, 0.1) is 11.8 Å². The molecule has 0 bridgehead atoms. The summed E-state index contributed by atoms with van der Waals surface area (Å²) in [4.78, 5) is 12.5. The smallest absolute Gasteiger partial charge is 0.270 e. The lowest BCUT2D eigenvalue weighted by Gasteiger charge is -2.07. The molecule has 0 saturated heterocycles. The van der Waals surface area contributed by atoms with Gasteiger partial charge >= 0.3 is 0 Å². The van der Waals surface area contributed by atoms with E-state index in [1.807, 2.05) is 54.6 Å². The minimum Gasteiger partial charge on any atom is -0.496 e. The van der Waals surface area contributed by atoms with Crippen molar-refractivity contribution in [1.82, 2.24) is 15.1 Å². The van der Waals surface area contributed by atoms with Crippen LogP contribution in [0.25, 0.3) is 11.3 Å². The first-order valence-corrected chi connectivity index (χ1v) is 9.87. The molecule has 0 unspecified atom stereocenters. The zero-order valence-corrected chi connectivity index (χ0v) is 17.7. The largest absolute Gasteiger partial charge is 0.496 e. The summed E-state index contributed by atoms with van der Waals surface area (Å²) in [6.07, 6.45) is 2.57. The van der Waals surface area contributed by atoms with Gasteiger partial charge < -0.3 is 14.8 Å². The summed E-state index contributed by atoms with van der Waals surface area (Å²) in [5, 5.41) is 7.23. The maximum Gasteiger partial charge on any atom is 0.270 e. The number of nitrogens with zero attached hydrogens (tertiary/aromatic N) is 2. The van der Waals surface area contributed by atoms with Crippen LogP contribution in [0.4, 0.5) is 0 Å². The van der Waals surface area contributed by atoms with Gasteiger partial charge in [0.1, 0.15) is 23.8 Å². The zero-order valence-electron chi connectivity index (χ0n) is 17.7. The molecule has 2 aromatic carbocycles. The van der Waals surface area contributed by atoms with Crippen LogP contribution in [-0.4, -0.2) is 35.9 Å². The molecule has 0 aliphatic heterocycles. The monoisotopic (exact) mass is 415 g/mol. The van der Waals surface area contributed by atoms with Gasteiger partial charge in [-0.2, -0.15) is 5.10 Å². The number of benzene rings is 2. The Balaban J connectivity index is 1.56. The Morgan fingerprint density at radius 2 is 1.90 bits per heavy atom. The quantitative estimate of drug-likeness (QED) is 0.451. The predicted octanol–water partition coefficient (Wildman–Crippen LogP) is 3.64. The third-order valence-electron chi connectivity index (χ3n) is 4.59. The Labute approximate surface area is 182 Å². The molecule has 158 valence electrons. The number of para-hydroxylation sites is 2. The Morgan fingerprint density at radius 3 is 2.68 bits per heavy atom. The highest BCUT2D eigenvalue weighted by atomic mass is 16.5. The minimum absolute atomic E-state index is 0.214. The maximum absolute atomic E-state index is 12.5. The van der Waals surface area contributed by atoms with E-state index in [9.17, 15) is 4.79 Å². The first kappa shape index (κ1) is 21.7. The standard InChI is InChI=1S/C25H25N3O3/c1-4-11-19-12-5-7-14-23(19)31-17-10-9-16-26-25(29)22-18-21(27-28(22)2)20-13-6-8-15-24(20)30-3/h4-8,12-15,18H,1,11,16-17H2,2-3H3,(H,26,29). The van der Waals surface area contributed by atoms with E-state index in [4.69, 9.17) is 9.47 Å². The number of carbonyl (C=O) groups excluding carboxylic acids is 1. The van der Waals surface area contributed by atoms with Crippen molar-refractivity contribution in [3.05, 3.63) is 78.5 Å². The lowest BCUT2D eigenvalue weighted by atomic mass is 10.1. The molecule has 3 rings (SSSR count).